The summed E-state index contributed by atoms with van der Waals surface area (Å²) in [6.07, 6.45) is -0.672. The Hall–Kier alpha value is -12.4. The molecule has 11 rings (SSSR count). The highest BCUT2D eigenvalue weighted by Crippen LogP contribution is 2.33. The van der Waals surface area contributed by atoms with Gasteiger partial charge in [0.05, 0.1) is 66.3 Å². The van der Waals surface area contributed by atoms with Crippen LogP contribution in [-0.2, 0) is 54.9 Å². The lowest BCUT2D eigenvalue weighted by molar-refractivity contribution is -0.385. The Morgan fingerprint density at radius 1 is 0.429 bits per heavy atom. The lowest BCUT2D eigenvalue weighted by Gasteiger charge is -2.23. The molecule has 11 aromatic rings. The second-order valence-corrected chi connectivity index (χ2v) is 36.1. The van der Waals surface area contributed by atoms with Gasteiger partial charge in [-0.15, -0.1) is 34.0 Å². The molecule has 0 aliphatic carbocycles. The van der Waals surface area contributed by atoms with Gasteiger partial charge in [-0.2, -0.15) is 0 Å². The maximum atomic E-state index is 12.5. The summed E-state index contributed by atoms with van der Waals surface area (Å²) in [6, 6.07) is 61.5. The number of benzene rings is 8. The maximum absolute atomic E-state index is 12.5. The molecule has 37 heteroatoms. The second-order valence-electron chi connectivity index (χ2n) is 31.3. The van der Waals surface area contributed by atoms with E-state index in [9.17, 15) is 67.3 Å². The van der Waals surface area contributed by atoms with Crippen LogP contribution in [0.15, 0.2) is 235 Å². The molecule has 126 heavy (non-hydrogen) atoms. The average Bonchev–Trinajstić information content (AvgIpc) is 1.67. The van der Waals surface area contributed by atoms with Crippen LogP contribution in [0.5, 0.6) is 0 Å². The Morgan fingerprint density at radius 2 is 0.683 bits per heavy atom. The predicted octanol–water partition coefficient (Wildman–Crippen LogP) is 21.1. The molecule has 11 N–H and O–H groups in total. The lowest BCUT2D eigenvalue weighted by Crippen LogP contribution is -2.46. The molecule has 0 aliphatic rings. The van der Waals surface area contributed by atoms with Gasteiger partial charge in [-0.05, 0) is 143 Å². The zero-order chi connectivity index (χ0) is 91.1. The number of nitro benzene ring substituents is 3. The minimum Gasteiger partial charge on any atom is -0.731 e. The number of carbonyl (C=O) groups is 5. The molecule has 0 saturated carbocycles. The number of amides is 4. The SMILES string of the molecule is C.CC(C)(C)OC(=O)N[C@@H](Cc1ccc(NS(=O)(=O)[O-])cc1)c1nc(-c2ccccc2)cs1.CC(C)(C)OC(=O)N[C@@H](Cc1ccc([N+](=O)[O-])cc1)C(N)=S.CC(C)(C)OC(=O)N[C@@H](Cc1ccc([N+](=O)[O-])cc1)c1nc(-c2ccccc2)cs1.CC(C)(C)OC(=O)N[C@@H](Cc1ccc([N+](=O)[O-])cc1)c1nc(-c2ccccc2)cs1.O=C(CBr)c1ccccc1.[NH4+]. The molecule has 31 nitrogen and oxygen atoms in total. The molecule has 0 bridgehead atoms. The summed E-state index contributed by atoms with van der Waals surface area (Å²) < 4.78 is 55.9. The fourth-order valence-electron chi connectivity index (χ4n) is 10.9. The Bertz CT molecular complexity index is 5300. The van der Waals surface area contributed by atoms with Crippen molar-refractivity contribution in [1.82, 2.24) is 42.4 Å². The number of halogens is 1. The number of nitrogens with two attached hydrogens (primary N) is 1. The Balaban J connectivity index is 0.000000287. The average molecular weight is 1880 g/mol. The largest absolute Gasteiger partial charge is 0.731 e. The molecule has 0 aliphatic heterocycles. The second kappa shape index (κ2) is 48.8. The first-order chi connectivity index (χ1) is 58.3. The number of alkyl halides is 1. The third kappa shape index (κ3) is 38.0. The number of quaternary nitrogens is 1. The van der Waals surface area contributed by atoms with E-state index >= 15 is 0 Å². The van der Waals surface area contributed by atoms with Gasteiger partial charge in [-0.3, -0.25) is 39.9 Å². The first-order valence-electron chi connectivity index (χ1n) is 38.3. The molecular formula is C89H104BrN13O18S5. The van der Waals surface area contributed by atoms with Gasteiger partial charge in [0.1, 0.15) is 37.4 Å². The number of alkyl carbamates (subject to hydrolysis) is 4. The van der Waals surface area contributed by atoms with Crippen molar-refractivity contribution in [2.24, 2.45) is 5.73 Å². The summed E-state index contributed by atoms with van der Waals surface area (Å²) in [5.41, 5.74) is 12.8. The molecule has 670 valence electrons. The van der Waals surface area contributed by atoms with Crippen LogP contribution in [0.3, 0.4) is 0 Å². The summed E-state index contributed by atoms with van der Waals surface area (Å²) in [4.78, 5) is 105. The van der Waals surface area contributed by atoms with Crippen LogP contribution in [0, 0.1) is 30.3 Å². The van der Waals surface area contributed by atoms with Gasteiger partial charge in [0.25, 0.3) is 17.1 Å². The number of carbonyl (C=O) groups excluding carboxylic acids is 5. The van der Waals surface area contributed by atoms with Crippen LogP contribution in [-0.4, -0.2) is 112 Å². The highest BCUT2D eigenvalue weighted by molar-refractivity contribution is 9.09. The number of hydrogen-bond acceptors (Lipinski definition) is 25. The number of Topliss-reactive ketones (excluding diaryl/α,β-unsaturated/α-hetero) is 1. The molecule has 3 heterocycles. The van der Waals surface area contributed by atoms with Crippen LogP contribution in [0.25, 0.3) is 33.8 Å². The van der Waals surface area contributed by atoms with Crippen LogP contribution in [0.2, 0.25) is 0 Å². The van der Waals surface area contributed by atoms with Crippen molar-refractivity contribution in [3.63, 3.8) is 0 Å². The molecule has 0 saturated heterocycles. The Labute approximate surface area is 758 Å². The third-order valence-corrected chi connectivity index (χ3v) is 20.5. The van der Waals surface area contributed by atoms with Crippen molar-refractivity contribution in [2.45, 2.75) is 163 Å². The number of thiocarbonyl (C=S) groups is 1. The molecule has 0 spiro atoms. The van der Waals surface area contributed by atoms with E-state index in [-0.39, 0.29) is 47.1 Å². The van der Waals surface area contributed by atoms with Gasteiger partial charge in [0.15, 0.2) is 16.1 Å². The topological polar surface area (TPSA) is 470 Å². The molecule has 4 amide bonds. The van der Waals surface area contributed by atoms with E-state index in [0.29, 0.717) is 36.0 Å². The number of hydrogen-bond donors (Lipinski definition) is 7. The minimum atomic E-state index is -4.59. The molecule has 4 atom stereocenters. The van der Waals surface area contributed by atoms with Crippen molar-refractivity contribution < 1.29 is 70.7 Å². The highest BCUT2D eigenvalue weighted by atomic mass is 79.9. The highest BCUT2D eigenvalue weighted by Gasteiger charge is 2.29. The van der Waals surface area contributed by atoms with Crippen molar-refractivity contribution in [3.8, 4) is 33.8 Å². The van der Waals surface area contributed by atoms with Crippen molar-refractivity contribution in [3.05, 3.63) is 308 Å². The number of ketones is 1. The standard InChI is InChI=1S/C22H25N3O5S2.2C22H23N3O4S.C14H19N3O4S.C8H7BrO.CH4.H3N/c1-22(2,3)30-21(26)24-18(13-15-9-11-17(12-10-15)25-32(27,28)29)20-23-19(14-31-20)16-7-5-4-6-8-16;2*1-22(2,3)29-21(26)24-18(13-15-9-11-17(12-10-15)25(27)28)20-23-19(14-30-20)16-7-5-4-6-8-16;1-14(2,3)21-13(18)16-11(12(15)22)8-9-4-6-10(7-5-9)17(19)20;9-6-8(10)7-4-2-1-3-5-7;;/h4-12,14,18,25H,13H2,1-3H3,(H,24,26)(H,27,28,29);2*4-12,14,18H,13H2,1-3H3,(H,24,26);4-7,11H,8H2,1-3H3,(H2,15,22)(H,16,18);1-5H,6H2;1H4;1H3/t3*18-;11-;;;/m0000.../s1. The van der Waals surface area contributed by atoms with E-state index in [2.05, 4.69) is 37.2 Å². The zero-order valence-corrected chi connectivity index (χ0v) is 76.6. The van der Waals surface area contributed by atoms with Crippen LogP contribution < -0.4 is 37.9 Å². The Kier molecular flexibility index (Phi) is 40.3. The number of nitro groups is 3. The first kappa shape index (κ1) is 104. The number of aromatic nitrogens is 3. The minimum absolute atomic E-state index is 0. The van der Waals surface area contributed by atoms with E-state index in [1.54, 1.807) is 132 Å². The number of ether oxygens (including phenoxy) is 4. The van der Waals surface area contributed by atoms with Gasteiger partial charge in [0.2, 0.25) is 0 Å². The molecule has 8 aromatic carbocycles. The lowest BCUT2D eigenvalue weighted by atomic mass is 10.1. The summed E-state index contributed by atoms with van der Waals surface area (Å²) in [6.45, 7) is 21.4. The van der Waals surface area contributed by atoms with Gasteiger partial charge in [0, 0.05) is 80.5 Å². The summed E-state index contributed by atoms with van der Waals surface area (Å²) in [7, 11) is -4.59. The maximum Gasteiger partial charge on any atom is 0.408 e. The van der Waals surface area contributed by atoms with E-state index < -0.39 is 96.0 Å². The van der Waals surface area contributed by atoms with Gasteiger partial charge in [-0.1, -0.05) is 205 Å². The van der Waals surface area contributed by atoms with E-state index in [4.69, 9.17) is 51.9 Å². The van der Waals surface area contributed by atoms with Crippen molar-refractivity contribution >= 4 is 130 Å². The molecule has 0 radical (unpaired) electrons. The molecule has 0 unspecified atom stereocenters. The van der Waals surface area contributed by atoms with Crippen molar-refractivity contribution in [2.75, 3.05) is 10.1 Å². The smallest absolute Gasteiger partial charge is 0.408 e. The fourth-order valence-corrected chi connectivity index (χ4v) is 14.5. The summed E-state index contributed by atoms with van der Waals surface area (Å²) >= 11 is 12.4. The first-order valence-corrected chi connectivity index (χ1v) is 43.9. The van der Waals surface area contributed by atoms with Crippen LogP contribution in [0.1, 0.15) is 156 Å². The molecule has 0 fully saturated rings. The summed E-state index contributed by atoms with van der Waals surface area (Å²) in [5, 5.41) is 52.1. The number of nitrogens with one attached hydrogen (secondary N) is 5. The molecular weight excluding hydrogens is 1780 g/mol. The van der Waals surface area contributed by atoms with Crippen LogP contribution in [0.4, 0.5) is 41.9 Å². The molecule has 3 aromatic heterocycles. The van der Waals surface area contributed by atoms with E-state index in [1.165, 1.54) is 82.5 Å². The number of non-ortho nitro benzene ring substituents is 3. The fraction of sp³-hybridized carbons (Fsp3) is 0.292. The van der Waals surface area contributed by atoms with E-state index in [1.807, 2.05) is 142 Å². The quantitative estimate of drug-likeness (QED) is 0.00503. The van der Waals surface area contributed by atoms with Crippen LogP contribution >= 0.6 is 62.2 Å². The van der Waals surface area contributed by atoms with Gasteiger partial charge >= 0.3 is 24.4 Å². The monoisotopic (exact) mass is 1880 g/mol. The number of nitrogens with zero attached hydrogens (tertiary/aromatic N) is 6. The third-order valence-electron chi connectivity index (χ3n) is 16.4. The normalized spacial score (nSPS) is 12.0. The number of anilines is 1. The number of rotatable bonds is 26. The summed E-state index contributed by atoms with van der Waals surface area (Å²) in [5.74, 6) is 0.126. The van der Waals surface area contributed by atoms with Crippen molar-refractivity contribution in [1.29, 1.82) is 0 Å². The zero-order valence-electron chi connectivity index (χ0n) is 70.9. The number of thiazole rings is 3. The van der Waals surface area contributed by atoms with Gasteiger partial charge < -0.3 is 56.7 Å². The van der Waals surface area contributed by atoms with E-state index in [0.717, 1.165) is 71.6 Å². The Morgan fingerprint density at radius 3 is 0.929 bits per heavy atom. The predicted molar refractivity (Wildman–Crippen MR) is 500 cm³/mol. The van der Waals surface area contributed by atoms with Gasteiger partial charge in [-0.25, -0.2) is 42.5 Å².